The molecule has 7 heteroatoms. The molecule has 0 aromatic carbocycles. The van der Waals surface area contributed by atoms with E-state index in [4.69, 9.17) is 13.3 Å². The summed E-state index contributed by atoms with van der Waals surface area (Å²) in [6, 6.07) is 0. The maximum absolute atomic E-state index is 9.11. The van der Waals surface area contributed by atoms with Crippen molar-refractivity contribution in [2.75, 3.05) is 0 Å². The third-order valence-electron chi connectivity index (χ3n) is 0. The molecule has 7 heavy (non-hydrogen) atoms. The van der Waals surface area contributed by atoms with Gasteiger partial charge in [-0.1, -0.05) is 0 Å². The molecule has 43 valence electrons. The minimum absolute atomic E-state index is 0. The molecule has 0 aliphatic carbocycles. The van der Waals surface area contributed by atoms with E-state index < -0.39 is 9.05 Å². The van der Waals surface area contributed by atoms with Crippen LogP contribution in [0.2, 0.25) is 0 Å². The SMILES string of the molecule is O=S(O)(O)=S.[H-].[Ir].[K+]. The van der Waals surface area contributed by atoms with Crippen LogP contribution in [0.25, 0.3) is 0 Å². The first-order valence-electron chi connectivity index (χ1n) is 0.698. The quantitative estimate of drug-likeness (QED) is 0.454. The van der Waals surface area contributed by atoms with Gasteiger partial charge in [-0.05, 0) is 0 Å². The second-order valence-electron chi connectivity index (χ2n) is 0.448. The summed E-state index contributed by atoms with van der Waals surface area (Å²) in [5, 5.41) is 0. The monoisotopic (exact) mass is 347 g/mol. The van der Waals surface area contributed by atoms with Crippen molar-refractivity contribution in [1.29, 1.82) is 0 Å². The van der Waals surface area contributed by atoms with E-state index in [-0.39, 0.29) is 72.9 Å². The van der Waals surface area contributed by atoms with Gasteiger partial charge < -0.3 is 1.43 Å². The zero-order valence-electron chi connectivity index (χ0n) is 4.45. The summed E-state index contributed by atoms with van der Waals surface area (Å²) in [5.41, 5.74) is 0. The van der Waals surface area contributed by atoms with Crippen LogP contribution >= 0.6 is 0 Å². The first-order valence-corrected chi connectivity index (χ1v) is 3.10. The van der Waals surface area contributed by atoms with E-state index in [1.54, 1.807) is 0 Å². The summed E-state index contributed by atoms with van der Waals surface area (Å²) < 4.78 is 24.0. The molecular weight excluding hydrogens is 343 g/mol. The largest absolute Gasteiger partial charge is 1.00 e. The van der Waals surface area contributed by atoms with Gasteiger partial charge >= 0.3 is 51.4 Å². The van der Waals surface area contributed by atoms with Gasteiger partial charge in [0, 0.05) is 31.3 Å². The van der Waals surface area contributed by atoms with Gasteiger partial charge in [-0.25, -0.2) is 0 Å². The van der Waals surface area contributed by atoms with Gasteiger partial charge in [0.25, 0.3) is 9.05 Å². The van der Waals surface area contributed by atoms with Gasteiger partial charge in [-0.15, -0.1) is 0 Å². The fraction of sp³-hybridized carbons (Fsp3) is 0. The molecule has 0 aliphatic rings. The smallest absolute Gasteiger partial charge is 1.00 e. The summed E-state index contributed by atoms with van der Waals surface area (Å²) in [6.07, 6.45) is 0. The second kappa shape index (κ2) is 6.69. The molecule has 0 fully saturated rings. The molecule has 0 aromatic rings. The van der Waals surface area contributed by atoms with E-state index in [9.17, 15) is 0 Å². The van der Waals surface area contributed by atoms with E-state index in [1.165, 1.54) is 0 Å². The van der Waals surface area contributed by atoms with E-state index in [0.717, 1.165) is 0 Å². The van der Waals surface area contributed by atoms with Gasteiger partial charge in [0.1, 0.15) is 0 Å². The normalized spacial score (nSPS) is 8.29. The molecular formula is H3IrKO3S2. The topological polar surface area (TPSA) is 57.5 Å². The molecule has 0 unspecified atom stereocenters. The Morgan fingerprint density at radius 2 is 1.57 bits per heavy atom. The van der Waals surface area contributed by atoms with E-state index >= 15 is 0 Å². The minimum Gasteiger partial charge on any atom is -1.00 e. The van der Waals surface area contributed by atoms with E-state index in [0.29, 0.717) is 0 Å². The Bertz CT molecular complexity index is 100. The predicted octanol–water partition coefficient (Wildman–Crippen LogP) is -3.21. The Kier molecular flexibility index (Phi) is 15.6. The first kappa shape index (κ1) is 16.3. The average molecular weight is 346 g/mol. The summed E-state index contributed by atoms with van der Waals surface area (Å²) in [4.78, 5) is 0. The Morgan fingerprint density at radius 3 is 1.57 bits per heavy atom. The Labute approximate surface area is 104 Å². The fourth-order valence-electron chi connectivity index (χ4n) is 0. The molecule has 0 aliphatic heterocycles. The molecule has 0 heterocycles. The molecule has 1 radical (unpaired) electrons. The number of hydrogen-bond donors (Lipinski definition) is 2. The molecule has 0 saturated carbocycles. The van der Waals surface area contributed by atoms with Crippen LogP contribution in [0.1, 0.15) is 1.43 Å². The van der Waals surface area contributed by atoms with Gasteiger partial charge in [-0.3, -0.25) is 9.11 Å². The van der Waals surface area contributed by atoms with Crippen LogP contribution in [-0.4, -0.2) is 13.3 Å². The molecule has 0 amide bonds. The van der Waals surface area contributed by atoms with Crippen molar-refractivity contribution in [2.45, 2.75) is 0 Å². The molecule has 2 N–H and O–H groups in total. The summed E-state index contributed by atoms with van der Waals surface area (Å²) >= 11 is 3.47. The molecule has 0 bridgehead atoms. The zero-order valence-corrected chi connectivity index (χ0v) is 10.6. The first-order chi connectivity index (χ1) is 2.00. The third-order valence-corrected chi connectivity index (χ3v) is 0. The van der Waals surface area contributed by atoms with Gasteiger partial charge in [0.2, 0.25) is 0 Å². The Hall–Kier alpha value is 2.58. The van der Waals surface area contributed by atoms with Gasteiger partial charge in [-0.2, -0.15) is 4.21 Å². The van der Waals surface area contributed by atoms with Crippen LogP contribution in [-0.2, 0) is 40.3 Å². The molecule has 0 saturated heterocycles. The standard InChI is InChI=1S/Ir.K.H2O3S2.H/c;;1-5(2,3)4;/h;;(H2,1,2,3,4);/q;+1;;-1. The van der Waals surface area contributed by atoms with E-state index in [2.05, 4.69) is 11.2 Å². The van der Waals surface area contributed by atoms with E-state index in [1.807, 2.05) is 0 Å². The molecule has 0 rings (SSSR count). The number of hydrogen-bond acceptors (Lipinski definition) is 2. The number of rotatable bonds is 0. The second-order valence-corrected chi connectivity index (χ2v) is 2.65. The van der Waals surface area contributed by atoms with Crippen LogP contribution in [0.3, 0.4) is 0 Å². The molecule has 0 spiro atoms. The summed E-state index contributed by atoms with van der Waals surface area (Å²) in [7, 11) is -3.83. The zero-order chi connectivity index (χ0) is 4.50. The van der Waals surface area contributed by atoms with Crippen LogP contribution in [0.15, 0.2) is 0 Å². The molecule has 0 atom stereocenters. The van der Waals surface area contributed by atoms with Crippen molar-refractivity contribution in [3.8, 4) is 0 Å². The van der Waals surface area contributed by atoms with Crippen molar-refractivity contribution in [3.05, 3.63) is 0 Å². The van der Waals surface area contributed by atoms with Crippen molar-refractivity contribution >= 4 is 20.2 Å². The Morgan fingerprint density at radius 1 is 1.57 bits per heavy atom. The van der Waals surface area contributed by atoms with Crippen LogP contribution in [0.5, 0.6) is 0 Å². The Balaban J connectivity index is -0.0000000267. The maximum atomic E-state index is 9.11. The van der Waals surface area contributed by atoms with Crippen LogP contribution < -0.4 is 51.4 Å². The summed E-state index contributed by atoms with van der Waals surface area (Å²) in [6.45, 7) is 0. The van der Waals surface area contributed by atoms with Crippen molar-refractivity contribution < 1.29 is 86.2 Å². The predicted molar refractivity (Wildman–Crippen MR) is 21.9 cm³/mol. The van der Waals surface area contributed by atoms with Crippen LogP contribution in [0, 0.1) is 0 Å². The average Bonchev–Trinajstić information content (AvgIpc) is 0.722. The van der Waals surface area contributed by atoms with Gasteiger partial charge in [0.15, 0.2) is 0 Å². The molecule has 3 nitrogen and oxygen atoms in total. The molecule has 0 aromatic heterocycles. The summed E-state index contributed by atoms with van der Waals surface area (Å²) in [5.74, 6) is 0. The van der Waals surface area contributed by atoms with Crippen molar-refractivity contribution in [2.24, 2.45) is 0 Å². The van der Waals surface area contributed by atoms with Crippen molar-refractivity contribution in [1.82, 2.24) is 0 Å². The third kappa shape index (κ3) is 55.9. The van der Waals surface area contributed by atoms with Crippen LogP contribution in [0.4, 0.5) is 0 Å². The maximum Gasteiger partial charge on any atom is 1.00 e. The minimum atomic E-state index is -3.83. The fourth-order valence-corrected chi connectivity index (χ4v) is 0. The van der Waals surface area contributed by atoms with Gasteiger partial charge in [0.05, 0.1) is 0 Å². The van der Waals surface area contributed by atoms with Crippen molar-refractivity contribution in [3.63, 3.8) is 0 Å².